The van der Waals surface area contributed by atoms with Crippen molar-refractivity contribution in [2.24, 2.45) is 0 Å². The van der Waals surface area contributed by atoms with Gasteiger partial charge in [-0.3, -0.25) is 0 Å². The average Bonchev–Trinajstić information content (AvgIpc) is 2.92. The van der Waals surface area contributed by atoms with Crippen molar-refractivity contribution in [1.29, 1.82) is 0 Å². The summed E-state index contributed by atoms with van der Waals surface area (Å²) in [6.45, 7) is 6.35. The molecule has 1 aromatic carbocycles. The highest BCUT2D eigenvalue weighted by atomic mass is 79.9. The molecule has 2 aliphatic rings. The van der Waals surface area contributed by atoms with E-state index in [1.165, 1.54) is 11.1 Å². The van der Waals surface area contributed by atoms with Crippen LogP contribution in [0.2, 0.25) is 0 Å². The zero-order chi connectivity index (χ0) is 15.2. The second kappa shape index (κ2) is 5.20. The third kappa shape index (κ3) is 3.34. The van der Waals surface area contributed by atoms with Crippen molar-refractivity contribution in [3.63, 3.8) is 0 Å². The number of halogens is 1. The van der Waals surface area contributed by atoms with Gasteiger partial charge in [-0.05, 0) is 44.9 Å². The Morgan fingerprint density at radius 1 is 1.43 bits per heavy atom. The molecule has 2 atom stereocenters. The Morgan fingerprint density at radius 3 is 2.90 bits per heavy atom. The van der Waals surface area contributed by atoms with E-state index < -0.39 is 5.60 Å². The molecule has 1 heterocycles. The first-order valence-electron chi connectivity index (χ1n) is 7.28. The lowest BCUT2D eigenvalue weighted by atomic mass is 10.0. The van der Waals surface area contributed by atoms with Crippen LogP contribution >= 0.6 is 15.9 Å². The van der Waals surface area contributed by atoms with E-state index in [9.17, 15) is 4.79 Å². The molecule has 1 saturated carbocycles. The molecule has 0 bridgehead atoms. The fourth-order valence-electron chi connectivity index (χ4n) is 2.73. The molecule has 1 aromatic rings. The van der Waals surface area contributed by atoms with Gasteiger partial charge in [-0.2, -0.15) is 0 Å². The number of benzene rings is 1. The van der Waals surface area contributed by atoms with Crippen LogP contribution in [0, 0.1) is 0 Å². The lowest BCUT2D eigenvalue weighted by Crippen LogP contribution is -2.34. The monoisotopic (exact) mass is 353 g/mol. The summed E-state index contributed by atoms with van der Waals surface area (Å²) in [4.78, 5) is 11.8. The SMILES string of the molecule is CC(C)(C)OC(=O)NC1CC1c1cc(Br)cc2c1OCC2. The first-order chi connectivity index (χ1) is 9.83. The van der Waals surface area contributed by atoms with Crippen LogP contribution in [0.25, 0.3) is 0 Å². The second-order valence-electron chi connectivity index (χ2n) is 6.68. The Morgan fingerprint density at radius 2 is 2.19 bits per heavy atom. The molecule has 0 saturated heterocycles. The second-order valence-corrected chi connectivity index (χ2v) is 7.59. The van der Waals surface area contributed by atoms with E-state index in [2.05, 4.69) is 33.4 Å². The molecular weight excluding hydrogens is 334 g/mol. The van der Waals surface area contributed by atoms with E-state index in [0.717, 1.165) is 29.7 Å². The van der Waals surface area contributed by atoms with Gasteiger partial charge in [-0.1, -0.05) is 15.9 Å². The zero-order valence-electron chi connectivity index (χ0n) is 12.5. The van der Waals surface area contributed by atoms with Crippen molar-refractivity contribution >= 4 is 22.0 Å². The number of fused-ring (bicyclic) bond motifs is 1. The molecule has 21 heavy (non-hydrogen) atoms. The highest BCUT2D eigenvalue weighted by molar-refractivity contribution is 9.10. The number of carbonyl (C=O) groups is 1. The van der Waals surface area contributed by atoms with Crippen molar-refractivity contribution in [1.82, 2.24) is 5.32 Å². The normalized spacial score (nSPS) is 23.2. The van der Waals surface area contributed by atoms with Crippen molar-refractivity contribution in [3.8, 4) is 5.75 Å². The number of ether oxygens (including phenoxy) is 2. The van der Waals surface area contributed by atoms with Gasteiger partial charge >= 0.3 is 6.09 Å². The van der Waals surface area contributed by atoms with E-state index in [1.54, 1.807) is 0 Å². The first-order valence-corrected chi connectivity index (χ1v) is 8.07. The van der Waals surface area contributed by atoms with E-state index >= 15 is 0 Å². The smallest absolute Gasteiger partial charge is 0.407 e. The number of amides is 1. The standard InChI is InChI=1S/C16H20BrNO3/c1-16(2,3)21-15(19)18-13-8-11(13)12-7-10(17)6-9-4-5-20-14(9)12/h6-7,11,13H,4-5,8H2,1-3H3,(H,18,19). The predicted octanol–water partition coefficient (Wildman–Crippen LogP) is 3.76. The maximum absolute atomic E-state index is 11.8. The van der Waals surface area contributed by atoms with E-state index in [1.807, 2.05) is 20.8 Å². The largest absolute Gasteiger partial charge is 0.493 e. The molecule has 1 aliphatic carbocycles. The van der Waals surface area contributed by atoms with Crippen LogP contribution in [0.1, 0.15) is 44.2 Å². The molecule has 114 valence electrons. The third-order valence-electron chi connectivity index (χ3n) is 3.67. The minimum absolute atomic E-state index is 0.141. The van der Waals surface area contributed by atoms with Crippen LogP contribution in [-0.2, 0) is 11.2 Å². The van der Waals surface area contributed by atoms with E-state index in [0.29, 0.717) is 5.92 Å². The maximum atomic E-state index is 11.8. The minimum atomic E-state index is -0.464. The Hall–Kier alpha value is -1.23. The minimum Gasteiger partial charge on any atom is -0.493 e. The number of nitrogens with one attached hydrogen (secondary N) is 1. The van der Waals surface area contributed by atoms with E-state index in [-0.39, 0.29) is 12.1 Å². The van der Waals surface area contributed by atoms with Gasteiger partial charge < -0.3 is 14.8 Å². The predicted molar refractivity (Wildman–Crippen MR) is 83.9 cm³/mol. The summed E-state index contributed by atoms with van der Waals surface area (Å²) in [5.41, 5.74) is 1.98. The number of hydrogen-bond acceptors (Lipinski definition) is 3. The molecule has 1 aliphatic heterocycles. The number of hydrogen-bond donors (Lipinski definition) is 1. The van der Waals surface area contributed by atoms with Crippen LogP contribution in [0.15, 0.2) is 16.6 Å². The Bertz CT molecular complexity index is 580. The fourth-order valence-corrected chi connectivity index (χ4v) is 3.25. The molecule has 0 spiro atoms. The number of rotatable bonds is 2. The summed E-state index contributed by atoms with van der Waals surface area (Å²) in [5.74, 6) is 1.33. The van der Waals surface area contributed by atoms with Crippen LogP contribution in [0.3, 0.4) is 0 Å². The molecule has 1 amide bonds. The Kier molecular flexibility index (Phi) is 3.64. The molecule has 2 unspecified atom stereocenters. The summed E-state index contributed by atoms with van der Waals surface area (Å²) in [6, 6.07) is 4.36. The molecular formula is C16H20BrNO3. The van der Waals surface area contributed by atoms with Gasteiger partial charge in [0.2, 0.25) is 0 Å². The average molecular weight is 354 g/mol. The first kappa shape index (κ1) is 14.7. The van der Waals surface area contributed by atoms with Gasteiger partial charge in [-0.25, -0.2) is 4.79 Å². The Balaban J connectivity index is 1.67. The van der Waals surface area contributed by atoms with Crippen molar-refractivity contribution in [2.45, 2.75) is 51.2 Å². The molecule has 4 nitrogen and oxygen atoms in total. The molecule has 5 heteroatoms. The van der Waals surface area contributed by atoms with Gasteiger partial charge in [-0.15, -0.1) is 0 Å². The van der Waals surface area contributed by atoms with Gasteiger partial charge in [0.1, 0.15) is 11.4 Å². The van der Waals surface area contributed by atoms with Crippen LogP contribution in [0.4, 0.5) is 4.79 Å². The fraction of sp³-hybridized carbons (Fsp3) is 0.562. The van der Waals surface area contributed by atoms with Crippen LogP contribution < -0.4 is 10.1 Å². The van der Waals surface area contributed by atoms with Crippen LogP contribution in [-0.4, -0.2) is 24.3 Å². The zero-order valence-corrected chi connectivity index (χ0v) is 14.1. The summed E-state index contributed by atoms with van der Waals surface area (Å²) >= 11 is 3.55. The van der Waals surface area contributed by atoms with E-state index in [4.69, 9.17) is 9.47 Å². The van der Waals surface area contributed by atoms with Gasteiger partial charge in [0.15, 0.2) is 0 Å². The number of alkyl carbamates (subject to hydrolysis) is 1. The maximum Gasteiger partial charge on any atom is 0.407 e. The lowest BCUT2D eigenvalue weighted by Gasteiger charge is -2.19. The summed E-state index contributed by atoms with van der Waals surface area (Å²) < 4.78 is 12.1. The number of carbonyl (C=O) groups excluding carboxylic acids is 1. The van der Waals surface area contributed by atoms with Crippen LogP contribution in [0.5, 0.6) is 5.75 Å². The van der Waals surface area contributed by atoms with Crippen molar-refractivity contribution in [2.75, 3.05) is 6.61 Å². The Labute approximate surface area is 133 Å². The summed E-state index contributed by atoms with van der Waals surface area (Å²) in [7, 11) is 0. The molecule has 1 fully saturated rings. The highest BCUT2D eigenvalue weighted by Gasteiger charge is 2.43. The van der Waals surface area contributed by atoms with Gasteiger partial charge in [0, 0.05) is 28.4 Å². The summed E-state index contributed by atoms with van der Waals surface area (Å²) in [6.07, 6.45) is 1.55. The quantitative estimate of drug-likeness (QED) is 0.880. The summed E-state index contributed by atoms with van der Waals surface area (Å²) in [5, 5.41) is 2.94. The van der Waals surface area contributed by atoms with Crippen molar-refractivity contribution in [3.05, 3.63) is 27.7 Å². The molecule has 0 aromatic heterocycles. The lowest BCUT2D eigenvalue weighted by molar-refractivity contribution is 0.0522. The highest BCUT2D eigenvalue weighted by Crippen LogP contribution is 2.48. The molecule has 3 rings (SSSR count). The topological polar surface area (TPSA) is 47.6 Å². The third-order valence-corrected chi connectivity index (χ3v) is 4.13. The van der Waals surface area contributed by atoms with Gasteiger partial charge in [0.05, 0.1) is 6.61 Å². The molecule has 0 radical (unpaired) electrons. The van der Waals surface area contributed by atoms with Gasteiger partial charge in [0.25, 0.3) is 0 Å². The van der Waals surface area contributed by atoms with Crippen molar-refractivity contribution < 1.29 is 14.3 Å². The molecule has 1 N–H and O–H groups in total.